The number of ether oxygens (including phenoxy) is 7. The summed E-state index contributed by atoms with van der Waals surface area (Å²) in [5.41, 5.74) is 24.7. The number of aliphatic hydroxyl groups is 4. The van der Waals surface area contributed by atoms with Gasteiger partial charge in [-0.05, 0) is 453 Å². The van der Waals surface area contributed by atoms with Gasteiger partial charge in [0.15, 0.2) is 0 Å². The molecule has 5 atom stereocenters. The molecule has 5 saturated heterocycles. The summed E-state index contributed by atoms with van der Waals surface area (Å²) in [7, 11) is 11.9. The lowest BCUT2D eigenvalue weighted by atomic mass is 9.81. The number of aryl methyl sites for hydroxylation is 6. The first-order valence-corrected chi connectivity index (χ1v) is 50.7. The maximum atomic E-state index is 13.6. The van der Waals surface area contributed by atoms with E-state index in [1.807, 2.05) is 41.3 Å². The van der Waals surface area contributed by atoms with Gasteiger partial charge in [-0.1, -0.05) is 54.4 Å². The Labute approximate surface area is 819 Å². The molecule has 19 heteroatoms. The average molecular weight is 1880 g/mol. The van der Waals surface area contributed by atoms with E-state index in [4.69, 9.17) is 33.2 Å². The summed E-state index contributed by atoms with van der Waals surface area (Å²) in [4.78, 5) is 52.1. The minimum absolute atomic E-state index is 0.0349. The number of hydrogen-bond acceptors (Lipinski definition) is 16. The molecule has 140 heavy (non-hydrogen) atoms. The van der Waals surface area contributed by atoms with Crippen molar-refractivity contribution >= 4 is 125 Å². The molecule has 5 unspecified atom stereocenters. The van der Waals surface area contributed by atoms with Crippen LogP contribution in [-0.4, -0.2) is 175 Å². The van der Waals surface area contributed by atoms with Crippen LogP contribution in [0.25, 0.3) is 108 Å². The molecule has 3 amide bonds. The minimum Gasteiger partial charge on any atom is -0.496 e. The van der Waals surface area contributed by atoms with Gasteiger partial charge in [0.2, 0.25) is 0 Å². The molecular weight excluding hydrogens is 1750 g/mol. The third-order valence-corrected chi connectivity index (χ3v) is 33.7. The molecular formula is C121H131N5O14. The maximum absolute atomic E-state index is 13.6. The van der Waals surface area contributed by atoms with E-state index in [0.29, 0.717) is 35.5 Å². The normalized spacial score (nSPS) is 19.0. The highest BCUT2D eigenvalue weighted by Gasteiger charge is 2.43. The van der Waals surface area contributed by atoms with Crippen LogP contribution in [0.15, 0.2) is 127 Å². The van der Waals surface area contributed by atoms with Crippen molar-refractivity contribution in [2.75, 3.05) is 82.5 Å². The molecule has 25 rings (SSSR count). The van der Waals surface area contributed by atoms with Crippen LogP contribution in [0.2, 0.25) is 0 Å². The first-order valence-electron chi connectivity index (χ1n) is 50.7. The molecule has 0 bridgehead atoms. The van der Waals surface area contributed by atoms with Gasteiger partial charge in [0.25, 0.3) is 17.7 Å². The lowest BCUT2D eigenvalue weighted by molar-refractivity contribution is 0.0585. The highest BCUT2D eigenvalue weighted by Crippen LogP contribution is 2.52. The molecule has 4 N–H and O–H groups in total. The predicted octanol–water partition coefficient (Wildman–Crippen LogP) is 22.8. The van der Waals surface area contributed by atoms with Crippen molar-refractivity contribution in [3.05, 3.63) is 250 Å². The standard InChI is InChI=1S/C25H27NO3.C25H29NO2.C24H25NO4.C24H27NO3.C23H23NO2/c1-13-9-17-20(11-21(13)28-4)24-18(10-16-7-6-8-26(16)25(24)27)19-12-22(29-5)14(2)15(3)23(17)19;1-14-9-20-19(11-23(14)27-4)22-13-26-8-6-7-17(26)10-18(22)21-12-24(28-5)15(2)16(3)25(20)21;1-29-22-11-21-19(9-15(22)13-27)18-8-14(12-26)5-6-17(18)20-10-16-4-2-3-7-25(16)24(28)23(20)21;1-28-24-11-22-20(9-16(24)14-27)19-8-15(13-26)5-6-18(19)21-10-17-4-2-3-7-25(17)12-23(21)22;1-13-6-7-16-17(9-13)18-10-14(2)21(26-3)12-20(18)22-19(16)11-15-5-4-8-24(15)23(22)25/h9,11-12,16H,6-8,10H2,1-5H3;9,11-12,17H,6-8,10,13H2,1-5H3;5-6,8-9,11,16,26-27H,2-4,7,10,12-13H2,1H3;5-6,8-9,11,17,26-27H,2-4,7,10,12-14H2,1H3;6-7,9-10,12,15H,4-5,8,11H2,1-3H3. The molecule has 10 heterocycles. The summed E-state index contributed by atoms with van der Waals surface area (Å²) >= 11 is 0. The van der Waals surface area contributed by atoms with Crippen molar-refractivity contribution in [3.8, 4) is 40.2 Å². The van der Waals surface area contributed by atoms with E-state index >= 15 is 0 Å². The molecule has 10 aliphatic heterocycles. The topological polar surface area (TPSA) is 213 Å². The number of methoxy groups -OCH3 is 7. The summed E-state index contributed by atoms with van der Waals surface area (Å²) in [5, 5.41) is 62.4. The van der Waals surface area contributed by atoms with Gasteiger partial charge in [0.05, 0.1) is 92.9 Å². The zero-order valence-electron chi connectivity index (χ0n) is 83.9. The second kappa shape index (κ2) is 37.9. The fraction of sp³-hybridized carbons (Fsp3) is 0.397. The molecule has 10 aliphatic rings. The van der Waals surface area contributed by atoms with Gasteiger partial charge >= 0.3 is 0 Å². The Bertz CT molecular complexity index is 7670. The van der Waals surface area contributed by atoms with E-state index < -0.39 is 0 Å². The molecule has 0 aliphatic carbocycles. The van der Waals surface area contributed by atoms with Crippen molar-refractivity contribution in [2.24, 2.45) is 0 Å². The lowest BCUT2D eigenvalue weighted by Gasteiger charge is -2.41. The number of carbonyl (C=O) groups is 3. The Balaban J connectivity index is 0.000000104. The van der Waals surface area contributed by atoms with Crippen molar-refractivity contribution < 1.29 is 68.0 Å². The number of benzene rings is 15. The molecule has 0 aromatic heterocycles. The molecule has 15 aromatic rings. The van der Waals surface area contributed by atoms with Gasteiger partial charge in [-0.2, -0.15) is 0 Å². The number of nitrogens with zero attached hydrogens (tertiary/aromatic N) is 5. The zero-order valence-corrected chi connectivity index (χ0v) is 83.9. The van der Waals surface area contributed by atoms with Gasteiger partial charge in [-0.15, -0.1) is 0 Å². The van der Waals surface area contributed by atoms with Gasteiger partial charge < -0.3 is 68.3 Å². The van der Waals surface area contributed by atoms with Gasteiger partial charge in [-0.3, -0.25) is 24.2 Å². The van der Waals surface area contributed by atoms with Crippen LogP contribution in [0.4, 0.5) is 0 Å². The van der Waals surface area contributed by atoms with Crippen LogP contribution >= 0.6 is 0 Å². The van der Waals surface area contributed by atoms with Crippen LogP contribution in [0.3, 0.4) is 0 Å². The van der Waals surface area contributed by atoms with E-state index in [1.54, 1.807) is 49.8 Å². The Morgan fingerprint density at radius 1 is 0.264 bits per heavy atom. The first-order chi connectivity index (χ1) is 67.9. The van der Waals surface area contributed by atoms with Crippen LogP contribution in [0.1, 0.15) is 214 Å². The number of rotatable bonds is 11. The van der Waals surface area contributed by atoms with Crippen molar-refractivity contribution in [3.63, 3.8) is 0 Å². The van der Waals surface area contributed by atoms with Gasteiger partial charge in [-0.25, -0.2) is 0 Å². The van der Waals surface area contributed by atoms with Gasteiger partial charge in [0.1, 0.15) is 40.2 Å². The predicted molar refractivity (Wildman–Crippen MR) is 562 cm³/mol. The minimum atomic E-state index is -0.139. The Hall–Kier alpha value is -12.3. The fourth-order valence-corrected chi connectivity index (χ4v) is 26.4. The van der Waals surface area contributed by atoms with E-state index in [2.05, 4.69) is 166 Å². The SMILES string of the molecule is COc1cc2c3c(c4cc(OC)c(C)c(C)c4c2cc1C)CC1CCCN1C3.COc1cc2c3c(c4cc(OC)c(C)c(C)c4c2cc1C)CC1CCCN1C3=O.COc1cc2c3c(c4ccc(C)cc4c2cc1C)CC1CCCN1C3=O.COc1cc2c3c(c4ccc(CO)cc4c2cc1CO)CC1CCCCN1C3.COc1cc2c3c(c4ccc(CO)cc4c2cc1CO)CC1CCCCN1C3=O. The number of amides is 3. The number of piperidine rings is 2. The molecule has 0 spiro atoms. The zero-order chi connectivity index (χ0) is 97.4. The number of carbonyl (C=O) groups excluding carboxylic acids is 3. The highest BCUT2D eigenvalue weighted by atomic mass is 16.5. The summed E-state index contributed by atoms with van der Waals surface area (Å²) in [6, 6.07) is 46.7. The second-order valence-electron chi connectivity index (χ2n) is 41.1. The molecule has 19 nitrogen and oxygen atoms in total. The molecule has 15 aromatic carbocycles. The third kappa shape index (κ3) is 15.7. The fourth-order valence-electron chi connectivity index (χ4n) is 26.4. The lowest BCUT2D eigenvalue weighted by Crippen LogP contribution is -2.48. The van der Waals surface area contributed by atoms with Crippen molar-refractivity contribution in [1.29, 1.82) is 0 Å². The second-order valence-corrected chi connectivity index (χ2v) is 41.1. The van der Waals surface area contributed by atoms with E-state index in [0.717, 1.165) is 254 Å². The quantitative estimate of drug-likeness (QED) is 0.0887. The summed E-state index contributed by atoms with van der Waals surface area (Å²) in [6.45, 7) is 23.9. The first kappa shape index (κ1) is 93.9. The van der Waals surface area contributed by atoms with Crippen LogP contribution in [0.5, 0.6) is 40.2 Å². The Morgan fingerprint density at radius 2 is 0.579 bits per heavy atom. The van der Waals surface area contributed by atoms with E-state index in [9.17, 15) is 34.8 Å². The molecule has 0 radical (unpaired) electrons. The van der Waals surface area contributed by atoms with Crippen molar-refractivity contribution in [2.45, 2.75) is 234 Å². The molecule has 0 saturated carbocycles. The Kier molecular flexibility index (Phi) is 25.4. The molecule has 5 fully saturated rings. The smallest absolute Gasteiger partial charge is 0.255 e. The van der Waals surface area contributed by atoms with Gasteiger partial charge in [0, 0.05) is 74.1 Å². The van der Waals surface area contributed by atoms with Crippen LogP contribution in [0, 0.1) is 55.4 Å². The monoisotopic (exact) mass is 1880 g/mol. The summed E-state index contributed by atoms with van der Waals surface area (Å²) in [5.74, 6) is 6.38. The molecule has 724 valence electrons. The summed E-state index contributed by atoms with van der Waals surface area (Å²) < 4.78 is 39.4. The number of fused-ring (bicyclic) bond motifs is 35. The largest absolute Gasteiger partial charge is 0.496 e. The number of hydrogen-bond donors (Lipinski definition) is 4. The number of aliphatic hydroxyl groups excluding tert-OH is 4. The summed E-state index contributed by atoms with van der Waals surface area (Å²) in [6.07, 6.45) is 19.2. The highest BCUT2D eigenvalue weighted by molar-refractivity contribution is 6.24. The van der Waals surface area contributed by atoms with E-state index in [1.165, 1.54) is 160 Å². The maximum Gasteiger partial charge on any atom is 0.255 e. The van der Waals surface area contributed by atoms with Crippen LogP contribution in [-0.2, 0) is 71.6 Å². The van der Waals surface area contributed by atoms with Crippen molar-refractivity contribution in [1.82, 2.24) is 24.5 Å². The Morgan fingerprint density at radius 3 is 1.05 bits per heavy atom. The average Bonchev–Trinajstić information content (AvgIpc) is 1.17. The van der Waals surface area contributed by atoms with E-state index in [-0.39, 0.29) is 50.2 Å². The van der Waals surface area contributed by atoms with Crippen LogP contribution < -0.4 is 33.2 Å². The third-order valence-electron chi connectivity index (χ3n) is 33.7.